The maximum Gasteiger partial charge on any atom is 0.287 e. The highest BCUT2D eigenvalue weighted by molar-refractivity contribution is 6.30. The number of rotatable bonds is 9. The fourth-order valence-corrected chi connectivity index (χ4v) is 2.84. The summed E-state index contributed by atoms with van der Waals surface area (Å²) in [6, 6.07) is 7.56. The molecule has 3 amide bonds. The molecule has 8 nitrogen and oxygen atoms in total. The van der Waals surface area contributed by atoms with Crippen molar-refractivity contribution in [2.45, 2.75) is 39.7 Å². The third kappa shape index (κ3) is 7.11. The van der Waals surface area contributed by atoms with Crippen molar-refractivity contribution < 1.29 is 23.5 Å². The van der Waals surface area contributed by atoms with Gasteiger partial charge in [0.1, 0.15) is 11.8 Å². The third-order valence-corrected chi connectivity index (χ3v) is 4.48. The second-order valence-corrected chi connectivity index (χ2v) is 7.51. The van der Waals surface area contributed by atoms with Gasteiger partial charge in [-0.05, 0) is 55.2 Å². The molecule has 162 valence electrons. The summed E-state index contributed by atoms with van der Waals surface area (Å²) in [4.78, 5) is 36.4. The lowest BCUT2D eigenvalue weighted by atomic mass is 10.0. The second kappa shape index (κ2) is 11.3. The van der Waals surface area contributed by atoms with Crippen LogP contribution in [0.1, 0.15) is 42.8 Å². The smallest absolute Gasteiger partial charge is 0.287 e. The first-order chi connectivity index (χ1) is 14.3. The fourth-order valence-electron chi connectivity index (χ4n) is 2.62. The molecular weight excluding hydrogens is 410 g/mol. The Bertz CT molecular complexity index is 868. The van der Waals surface area contributed by atoms with E-state index in [9.17, 15) is 14.4 Å². The van der Waals surface area contributed by atoms with Gasteiger partial charge < -0.3 is 14.5 Å². The lowest BCUT2D eigenvalue weighted by Crippen LogP contribution is -2.54. The highest BCUT2D eigenvalue weighted by atomic mass is 35.5. The molecule has 1 aromatic heterocycles. The molecule has 0 aliphatic heterocycles. The molecule has 0 unspecified atom stereocenters. The van der Waals surface area contributed by atoms with Crippen LogP contribution in [0.2, 0.25) is 5.02 Å². The number of carbonyl (C=O) groups excluding carboxylic acids is 3. The lowest BCUT2D eigenvalue weighted by Gasteiger charge is -2.21. The molecule has 9 heteroatoms. The van der Waals surface area contributed by atoms with Gasteiger partial charge in [0.25, 0.3) is 11.8 Å². The zero-order chi connectivity index (χ0) is 22.1. The largest absolute Gasteiger partial charge is 0.493 e. The summed E-state index contributed by atoms with van der Waals surface area (Å²) in [5.74, 6) is -0.772. The van der Waals surface area contributed by atoms with E-state index < -0.39 is 17.9 Å². The number of hydrogen-bond acceptors (Lipinski definition) is 5. The first-order valence-corrected chi connectivity index (χ1v) is 9.97. The number of hydrazine groups is 1. The first-order valence-electron chi connectivity index (χ1n) is 9.60. The minimum Gasteiger partial charge on any atom is -0.493 e. The Morgan fingerprint density at radius 3 is 2.57 bits per heavy atom. The number of aryl methyl sites for hydroxylation is 1. The van der Waals surface area contributed by atoms with Crippen LogP contribution in [0, 0.1) is 12.8 Å². The zero-order valence-corrected chi connectivity index (χ0v) is 17.9. The van der Waals surface area contributed by atoms with Gasteiger partial charge in [0.2, 0.25) is 5.91 Å². The monoisotopic (exact) mass is 435 g/mol. The number of ether oxygens (including phenoxy) is 1. The molecule has 1 aromatic carbocycles. The summed E-state index contributed by atoms with van der Waals surface area (Å²) in [5.41, 5.74) is 5.62. The number of halogens is 1. The number of carbonyl (C=O) groups is 3. The van der Waals surface area contributed by atoms with E-state index in [-0.39, 0.29) is 24.0 Å². The van der Waals surface area contributed by atoms with Gasteiger partial charge in [0.05, 0.1) is 12.9 Å². The number of benzene rings is 1. The van der Waals surface area contributed by atoms with Crippen molar-refractivity contribution in [3.05, 3.63) is 52.9 Å². The SMILES string of the molecule is Cc1cc(Cl)ccc1OCCCC(=O)NNC(=O)[C@@H](NC(=O)c1ccco1)C(C)C. The predicted molar refractivity (Wildman–Crippen MR) is 112 cm³/mol. The van der Waals surface area contributed by atoms with Gasteiger partial charge in [-0.25, -0.2) is 0 Å². The molecule has 0 aliphatic rings. The van der Waals surface area contributed by atoms with Crippen LogP contribution in [0.3, 0.4) is 0 Å². The van der Waals surface area contributed by atoms with Crippen molar-refractivity contribution in [2.24, 2.45) is 5.92 Å². The molecular formula is C21H26ClN3O5. The Kier molecular flexibility index (Phi) is 8.73. The van der Waals surface area contributed by atoms with Crippen LogP contribution in [0.5, 0.6) is 5.75 Å². The minimum absolute atomic E-state index is 0.105. The van der Waals surface area contributed by atoms with Crippen LogP contribution in [0.15, 0.2) is 41.0 Å². The Morgan fingerprint density at radius 2 is 1.93 bits per heavy atom. The lowest BCUT2D eigenvalue weighted by molar-refractivity contribution is -0.130. The van der Waals surface area contributed by atoms with E-state index in [0.29, 0.717) is 23.8 Å². The number of hydrogen-bond donors (Lipinski definition) is 3. The van der Waals surface area contributed by atoms with Crippen molar-refractivity contribution >= 4 is 29.3 Å². The van der Waals surface area contributed by atoms with Crippen LogP contribution >= 0.6 is 11.6 Å². The summed E-state index contributed by atoms with van der Waals surface area (Å²) in [7, 11) is 0. The molecule has 0 fully saturated rings. The molecule has 0 radical (unpaired) electrons. The molecule has 3 N–H and O–H groups in total. The van der Waals surface area contributed by atoms with Gasteiger partial charge in [0.15, 0.2) is 5.76 Å². The average Bonchev–Trinajstić information content (AvgIpc) is 3.23. The van der Waals surface area contributed by atoms with Gasteiger partial charge in [-0.1, -0.05) is 25.4 Å². The quantitative estimate of drug-likeness (QED) is 0.414. The standard InChI is InChI=1S/C21H26ClN3O5/c1-13(2)19(23-20(27)17-6-4-10-30-17)21(28)25-24-18(26)7-5-11-29-16-9-8-15(22)12-14(16)3/h4,6,8-10,12-13,19H,5,7,11H2,1-3H3,(H,23,27)(H,24,26)(H,25,28)/t19-/m0/s1. The van der Waals surface area contributed by atoms with Crippen molar-refractivity contribution in [1.29, 1.82) is 0 Å². The van der Waals surface area contributed by atoms with Crippen molar-refractivity contribution in [1.82, 2.24) is 16.2 Å². The fraction of sp³-hybridized carbons (Fsp3) is 0.381. The van der Waals surface area contributed by atoms with E-state index in [2.05, 4.69) is 16.2 Å². The number of furan rings is 1. The van der Waals surface area contributed by atoms with Crippen molar-refractivity contribution in [3.63, 3.8) is 0 Å². The molecule has 30 heavy (non-hydrogen) atoms. The average molecular weight is 436 g/mol. The van der Waals surface area contributed by atoms with Gasteiger partial charge in [-0.2, -0.15) is 0 Å². The maximum absolute atomic E-state index is 12.4. The Hall–Kier alpha value is -3.00. The molecule has 0 bridgehead atoms. The number of amides is 3. The van der Waals surface area contributed by atoms with E-state index in [0.717, 1.165) is 5.56 Å². The van der Waals surface area contributed by atoms with Crippen LogP contribution < -0.4 is 20.9 Å². The summed E-state index contributed by atoms with van der Waals surface area (Å²) in [6.45, 7) is 5.80. The summed E-state index contributed by atoms with van der Waals surface area (Å²) in [5, 5.41) is 3.23. The topological polar surface area (TPSA) is 110 Å². The van der Waals surface area contributed by atoms with Crippen LogP contribution in [-0.2, 0) is 9.59 Å². The van der Waals surface area contributed by atoms with Crippen molar-refractivity contribution in [3.8, 4) is 5.75 Å². The van der Waals surface area contributed by atoms with Gasteiger partial charge in [-0.15, -0.1) is 0 Å². The van der Waals surface area contributed by atoms with E-state index in [1.807, 2.05) is 6.92 Å². The van der Waals surface area contributed by atoms with E-state index in [1.165, 1.54) is 12.3 Å². The Labute approximate surface area is 180 Å². The predicted octanol–water partition coefficient (Wildman–Crippen LogP) is 3.00. The summed E-state index contributed by atoms with van der Waals surface area (Å²) in [6.07, 6.45) is 2.00. The highest BCUT2D eigenvalue weighted by Crippen LogP contribution is 2.21. The van der Waals surface area contributed by atoms with Gasteiger partial charge >= 0.3 is 0 Å². The first kappa shape index (κ1) is 23.3. The van der Waals surface area contributed by atoms with Crippen LogP contribution in [0.4, 0.5) is 0 Å². The zero-order valence-electron chi connectivity index (χ0n) is 17.2. The third-order valence-electron chi connectivity index (χ3n) is 4.25. The van der Waals surface area contributed by atoms with Crippen LogP contribution in [-0.4, -0.2) is 30.4 Å². The normalized spacial score (nSPS) is 11.6. The van der Waals surface area contributed by atoms with Gasteiger partial charge in [-0.3, -0.25) is 25.2 Å². The molecule has 2 aromatic rings. The van der Waals surface area contributed by atoms with E-state index in [1.54, 1.807) is 38.1 Å². The Balaban J connectivity index is 1.72. The van der Waals surface area contributed by atoms with Crippen LogP contribution in [0.25, 0.3) is 0 Å². The highest BCUT2D eigenvalue weighted by Gasteiger charge is 2.25. The molecule has 0 saturated carbocycles. The molecule has 0 spiro atoms. The maximum atomic E-state index is 12.4. The van der Waals surface area contributed by atoms with Gasteiger partial charge in [0, 0.05) is 11.4 Å². The Morgan fingerprint density at radius 1 is 1.17 bits per heavy atom. The van der Waals surface area contributed by atoms with E-state index in [4.69, 9.17) is 20.8 Å². The molecule has 1 heterocycles. The molecule has 1 atom stereocenters. The number of nitrogens with one attached hydrogen (secondary N) is 3. The summed E-state index contributed by atoms with van der Waals surface area (Å²) >= 11 is 5.90. The summed E-state index contributed by atoms with van der Waals surface area (Å²) < 4.78 is 10.7. The molecule has 2 rings (SSSR count). The molecule has 0 saturated heterocycles. The second-order valence-electron chi connectivity index (χ2n) is 7.07. The van der Waals surface area contributed by atoms with Crippen molar-refractivity contribution in [2.75, 3.05) is 6.61 Å². The minimum atomic E-state index is -0.834. The van der Waals surface area contributed by atoms with E-state index >= 15 is 0 Å². The molecule has 0 aliphatic carbocycles.